The number of hydrogen-bond acceptors (Lipinski definition) is 2. The summed E-state index contributed by atoms with van der Waals surface area (Å²) in [4.78, 5) is 25.8. The minimum atomic E-state index is -0.693. The number of hydrogen-bond donors (Lipinski definition) is 4. The number of aliphatic carboxylic acids is 2. The van der Waals surface area contributed by atoms with Gasteiger partial charge in [-0.1, -0.05) is 63.1 Å². The van der Waals surface area contributed by atoms with Gasteiger partial charge in [0.05, 0.1) is 0 Å². The topological polar surface area (TPSA) is 106 Å². The molecule has 4 N–H and O–H groups in total. The van der Waals surface area contributed by atoms with Gasteiger partial charge in [-0.2, -0.15) is 13.5 Å². The Kier molecular flexibility index (Phi) is 21.3. The Balaban J connectivity index is 0. The maximum Gasteiger partial charge on any atom is 0.0453 e. The minimum Gasteiger partial charge on any atom is -0.361 e. The predicted octanol–water partition coefficient (Wildman–Crippen LogP) is 6.32. The van der Waals surface area contributed by atoms with E-state index < -0.39 is 11.9 Å². The van der Waals surface area contributed by atoms with E-state index in [0.717, 1.165) is 25.7 Å². The summed E-state index contributed by atoms with van der Waals surface area (Å²) in [5.74, 6) is -1.39. The Morgan fingerprint density at radius 3 is 1.29 bits per heavy atom. The van der Waals surface area contributed by atoms with Gasteiger partial charge >= 0.3 is 41.5 Å². The normalized spacial score (nSPS) is 9.00. The van der Waals surface area contributed by atoms with E-state index in [1.165, 1.54) is 21.8 Å². The molecule has 0 atom stereocenters. The molecular weight excluding hydrogens is 459 g/mol. The maximum atomic E-state index is 9.76. The molecule has 6 nitrogen and oxygen atoms in total. The van der Waals surface area contributed by atoms with E-state index in [1.807, 2.05) is 50.5 Å². The number of benzene rings is 2. The van der Waals surface area contributed by atoms with Crippen molar-refractivity contribution >= 4 is 76.8 Å². The van der Waals surface area contributed by atoms with Gasteiger partial charge in [-0.15, -0.1) is 0 Å². The molecule has 0 radical (unpaired) electrons. The number of aromatic nitrogens is 2. The van der Waals surface area contributed by atoms with Crippen molar-refractivity contribution in [3.63, 3.8) is 0 Å². The summed E-state index contributed by atoms with van der Waals surface area (Å²) in [6.45, 7) is 3.95. The van der Waals surface area contributed by atoms with Crippen molar-refractivity contribution in [1.82, 2.24) is 9.97 Å². The van der Waals surface area contributed by atoms with Crippen LogP contribution in [0.15, 0.2) is 73.1 Å². The number of carbonyl (C=O) groups is 2. The molecule has 0 unspecified atom stereocenters. The van der Waals surface area contributed by atoms with Gasteiger partial charge in [0.15, 0.2) is 0 Å². The summed E-state index contributed by atoms with van der Waals surface area (Å²) >= 11 is 0. The van der Waals surface area contributed by atoms with E-state index in [2.05, 4.69) is 46.4 Å². The third-order valence-electron chi connectivity index (χ3n) is 4.41. The third-order valence-corrected chi connectivity index (χ3v) is 4.41. The average molecular weight is 497 g/mol. The predicted molar refractivity (Wildman–Crippen MR) is 148 cm³/mol. The summed E-state index contributed by atoms with van der Waals surface area (Å²) < 4.78 is 0. The van der Waals surface area contributed by atoms with Crippen molar-refractivity contribution in [2.45, 2.75) is 52.4 Å². The van der Waals surface area contributed by atoms with Crippen molar-refractivity contribution in [2.75, 3.05) is 0 Å². The summed E-state index contributed by atoms with van der Waals surface area (Å²) in [7, 11) is 0. The molecule has 0 aliphatic carbocycles. The van der Waals surface area contributed by atoms with Gasteiger partial charge in [0.25, 0.3) is 0 Å². The molecule has 0 spiro atoms. The fraction of sp³-hybridized carbons (Fsp3) is 0.308. The van der Waals surface area contributed by atoms with E-state index in [9.17, 15) is 9.59 Å². The SMILES string of the molecule is CCCCC(=O)O.CCCCC(=O)O.S.[NaH].c1ccc2[nH]ccc2c1.c1ccc2[nH]ccc2c1. The first-order valence-corrected chi connectivity index (χ1v) is 11.0. The van der Waals surface area contributed by atoms with E-state index in [-0.39, 0.29) is 43.1 Å². The Labute approximate surface area is 230 Å². The Morgan fingerprint density at radius 2 is 1.03 bits per heavy atom. The molecule has 4 rings (SSSR count). The van der Waals surface area contributed by atoms with E-state index >= 15 is 0 Å². The largest absolute Gasteiger partial charge is 0.361 e. The average Bonchev–Trinajstić information content (AvgIpc) is 3.46. The molecule has 4 aromatic rings. The second kappa shape index (κ2) is 21.4. The Hall–Kier alpha value is -2.19. The minimum absolute atomic E-state index is 0. The molecule has 0 saturated heterocycles. The van der Waals surface area contributed by atoms with Crippen LogP contribution in [0.5, 0.6) is 0 Å². The van der Waals surface area contributed by atoms with Gasteiger partial charge < -0.3 is 20.2 Å². The van der Waals surface area contributed by atoms with E-state index in [0.29, 0.717) is 12.8 Å². The molecule has 0 fully saturated rings. The monoisotopic (exact) mass is 496 g/mol. The summed E-state index contributed by atoms with van der Waals surface area (Å²) in [5.41, 5.74) is 2.41. The molecule has 0 saturated carbocycles. The summed E-state index contributed by atoms with van der Waals surface area (Å²) in [5, 5.41) is 18.6. The van der Waals surface area contributed by atoms with Crippen LogP contribution in [-0.4, -0.2) is 61.7 Å². The number of nitrogens with one attached hydrogen (secondary N) is 2. The van der Waals surface area contributed by atoms with Crippen LogP contribution < -0.4 is 0 Å². The first-order chi connectivity index (χ1) is 15.5. The van der Waals surface area contributed by atoms with Crippen LogP contribution in [0.3, 0.4) is 0 Å². The van der Waals surface area contributed by atoms with Crippen LogP contribution in [0.2, 0.25) is 0 Å². The zero-order valence-electron chi connectivity index (χ0n) is 19.4. The van der Waals surface area contributed by atoms with Gasteiger partial charge in [0.1, 0.15) is 0 Å². The Bertz CT molecular complexity index is 905. The van der Waals surface area contributed by atoms with Crippen LogP contribution in [0.25, 0.3) is 21.8 Å². The van der Waals surface area contributed by atoms with Crippen molar-refractivity contribution in [1.29, 1.82) is 0 Å². The fourth-order valence-corrected chi connectivity index (χ4v) is 2.65. The molecule has 0 aliphatic heterocycles. The van der Waals surface area contributed by atoms with Gasteiger partial charge in [-0.3, -0.25) is 9.59 Å². The van der Waals surface area contributed by atoms with Crippen LogP contribution in [0.1, 0.15) is 52.4 Å². The van der Waals surface area contributed by atoms with Gasteiger partial charge in [-0.05, 0) is 47.9 Å². The molecule has 2 aromatic heterocycles. The zero-order valence-corrected chi connectivity index (χ0v) is 20.4. The van der Waals surface area contributed by atoms with Crippen molar-refractivity contribution in [3.8, 4) is 0 Å². The quantitative estimate of drug-likeness (QED) is 0.234. The molecule has 0 amide bonds. The second-order valence-corrected chi connectivity index (χ2v) is 7.12. The summed E-state index contributed by atoms with van der Waals surface area (Å²) in [6, 6.07) is 20.6. The van der Waals surface area contributed by atoms with Crippen molar-refractivity contribution in [2.24, 2.45) is 0 Å². The molecule has 2 aromatic carbocycles. The van der Waals surface area contributed by atoms with Crippen LogP contribution in [0, 0.1) is 0 Å². The standard InChI is InChI=1S/2C8H7N.2C5H10O2.Na.H2S.H/c2*1-2-4-8-7(3-1)5-6-9-8;2*1-2-3-4-5(6)7;;;/h2*1-6,9H;2*2-4H2,1H3,(H,6,7);;1H2;. The number of aromatic amines is 2. The molecule has 34 heavy (non-hydrogen) atoms. The molecule has 182 valence electrons. The Morgan fingerprint density at radius 1 is 0.676 bits per heavy atom. The number of fused-ring (bicyclic) bond motifs is 2. The molecule has 0 bridgehead atoms. The number of carboxylic acids is 2. The third kappa shape index (κ3) is 15.6. The fourth-order valence-electron chi connectivity index (χ4n) is 2.65. The van der Waals surface area contributed by atoms with Crippen LogP contribution in [0.4, 0.5) is 0 Å². The number of carboxylic acid groups (broad SMARTS) is 2. The summed E-state index contributed by atoms with van der Waals surface area (Å²) in [6.07, 6.45) is 8.06. The first-order valence-electron chi connectivity index (χ1n) is 11.0. The van der Waals surface area contributed by atoms with Gasteiger partial charge in [0.2, 0.25) is 0 Å². The molecular formula is C26H37N2NaO4S. The maximum absolute atomic E-state index is 9.76. The van der Waals surface area contributed by atoms with Gasteiger partial charge in [0, 0.05) is 36.3 Å². The zero-order chi connectivity index (χ0) is 23.6. The van der Waals surface area contributed by atoms with Crippen LogP contribution in [-0.2, 0) is 9.59 Å². The van der Waals surface area contributed by atoms with E-state index in [4.69, 9.17) is 10.2 Å². The second-order valence-electron chi connectivity index (χ2n) is 7.12. The number of H-pyrrole nitrogens is 2. The van der Waals surface area contributed by atoms with Gasteiger partial charge in [-0.25, -0.2) is 0 Å². The van der Waals surface area contributed by atoms with E-state index in [1.54, 1.807) is 0 Å². The smallest absolute Gasteiger partial charge is 0.0453 e. The number of unbranched alkanes of at least 4 members (excludes halogenated alkanes) is 2. The molecule has 2 heterocycles. The van der Waals surface area contributed by atoms with Crippen LogP contribution >= 0.6 is 13.5 Å². The number of para-hydroxylation sites is 2. The molecule has 0 aliphatic rings. The number of rotatable bonds is 6. The first kappa shape index (κ1) is 34.0. The van der Waals surface area contributed by atoms with Crippen molar-refractivity contribution < 1.29 is 19.8 Å². The molecule has 8 heteroatoms. The van der Waals surface area contributed by atoms with Crippen molar-refractivity contribution in [3.05, 3.63) is 73.1 Å².